The summed E-state index contributed by atoms with van der Waals surface area (Å²) in [5, 5.41) is 10.3. The number of rotatable bonds is 3. The summed E-state index contributed by atoms with van der Waals surface area (Å²) in [6.07, 6.45) is 0.610. The second kappa shape index (κ2) is 4.37. The SMILES string of the molecule is NN1CC(C2C(N=O)CCN2N)N(N=O)C1. The summed E-state index contributed by atoms with van der Waals surface area (Å²) in [4.78, 5) is 21.3. The van der Waals surface area contributed by atoms with E-state index in [4.69, 9.17) is 11.7 Å². The summed E-state index contributed by atoms with van der Waals surface area (Å²) in [7, 11) is 0. The highest BCUT2D eigenvalue weighted by Crippen LogP contribution is 2.26. The first-order valence-electron chi connectivity index (χ1n) is 5.10. The molecule has 0 bridgehead atoms. The molecule has 2 aliphatic rings. The zero-order chi connectivity index (χ0) is 11.7. The van der Waals surface area contributed by atoms with E-state index in [0.29, 0.717) is 19.5 Å². The van der Waals surface area contributed by atoms with Crippen molar-refractivity contribution < 1.29 is 0 Å². The van der Waals surface area contributed by atoms with Gasteiger partial charge in [-0.05, 0) is 6.42 Å². The molecule has 9 heteroatoms. The van der Waals surface area contributed by atoms with E-state index in [1.54, 1.807) is 5.01 Å². The molecule has 0 radical (unpaired) electrons. The Morgan fingerprint density at radius 1 is 1.25 bits per heavy atom. The number of hydrogen-bond donors (Lipinski definition) is 2. The van der Waals surface area contributed by atoms with Gasteiger partial charge in [-0.2, -0.15) is 4.91 Å². The zero-order valence-corrected chi connectivity index (χ0v) is 8.77. The molecule has 2 saturated heterocycles. The number of nitrogens with zero attached hydrogens (tertiary/aromatic N) is 5. The summed E-state index contributed by atoms with van der Waals surface area (Å²) in [5.41, 5.74) is 0. The Kier molecular flexibility index (Phi) is 3.10. The fourth-order valence-electron chi connectivity index (χ4n) is 2.47. The molecule has 2 rings (SSSR count). The third kappa shape index (κ3) is 1.78. The van der Waals surface area contributed by atoms with Crippen molar-refractivity contribution in [2.24, 2.45) is 22.1 Å². The maximum absolute atomic E-state index is 10.7. The minimum atomic E-state index is -0.397. The van der Waals surface area contributed by atoms with Crippen LogP contribution in [0.4, 0.5) is 0 Å². The van der Waals surface area contributed by atoms with Crippen molar-refractivity contribution >= 4 is 0 Å². The van der Waals surface area contributed by atoms with Gasteiger partial charge >= 0.3 is 0 Å². The number of hydrazine groups is 2. The summed E-state index contributed by atoms with van der Waals surface area (Å²) in [6.45, 7) is 1.30. The largest absolute Gasteiger partial charge is 0.268 e. The van der Waals surface area contributed by atoms with Crippen LogP contribution in [0.15, 0.2) is 10.5 Å². The van der Waals surface area contributed by atoms with Crippen LogP contribution in [-0.4, -0.2) is 52.9 Å². The van der Waals surface area contributed by atoms with Crippen LogP contribution < -0.4 is 11.7 Å². The third-order valence-electron chi connectivity index (χ3n) is 3.23. The smallest absolute Gasteiger partial charge is 0.112 e. The van der Waals surface area contributed by atoms with Gasteiger partial charge in [0.15, 0.2) is 0 Å². The molecule has 0 aromatic carbocycles. The Balaban J connectivity index is 2.15. The van der Waals surface area contributed by atoms with Crippen LogP contribution in [0.5, 0.6) is 0 Å². The first kappa shape index (κ1) is 11.3. The molecular weight excluding hydrogens is 214 g/mol. The van der Waals surface area contributed by atoms with Crippen molar-refractivity contribution in [3.63, 3.8) is 0 Å². The Hall–Kier alpha value is -1.16. The van der Waals surface area contributed by atoms with Crippen LogP contribution in [0.2, 0.25) is 0 Å². The van der Waals surface area contributed by atoms with Crippen LogP contribution in [0, 0.1) is 9.81 Å². The summed E-state index contributed by atoms with van der Waals surface area (Å²) in [6, 6.07) is -0.952. The summed E-state index contributed by atoms with van der Waals surface area (Å²) in [5.74, 6) is 11.4. The van der Waals surface area contributed by atoms with E-state index in [0.717, 1.165) is 0 Å². The first-order chi connectivity index (χ1) is 7.67. The van der Waals surface area contributed by atoms with Crippen LogP contribution in [0.25, 0.3) is 0 Å². The predicted molar refractivity (Wildman–Crippen MR) is 56.1 cm³/mol. The molecule has 4 N–H and O–H groups in total. The van der Waals surface area contributed by atoms with Gasteiger partial charge in [0, 0.05) is 13.1 Å². The number of nitroso groups, excluding NO2 is 2. The van der Waals surface area contributed by atoms with Gasteiger partial charge in [0.25, 0.3) is 0 Å². The molecule has 0 aliphatic carbocycles. The number of nitrogens with two attached hydrogens (primary N) is 2. The molecular formula is C7H15N7O2. The maximum atomic E-state index is 10.7. The van der Waals surface area contributed by atoms with Crippen molar-refractivity contribution in [1.82, 2.24) is 15.0 Å². The van der Waals surface area contributed by atoms with Crippen molar-refractivity contribution in [3.05, 3.63) is 9.81 Å². The average molecular weight is 229 g/mol. The standard InChI is InChI=1S/C7H15N7O2/c8-12-3-6(14(4-12)11-16)7-5(10-15)1-2-13(7)9/h5-7H,1-4,8-9H2. The van der Waals surface area contributed by atoms with E-state index < -0.39 is 6.04 Å². The molecule has 9 nitrogen and oxygen atoms in total. The Morgan fingerprint density at radius 3 is 2.62 bits per heavy atom. The molecule has 90 valence electrons. The lowest BCUT2D eigenvalue weighted by atomic mass is 10.0. The Labute approximate surface area is 92.2 Å². The lowest BCUT2D eigenvalue weighted by molar-refractivity contribution is 0.133. The highest BCUT2D eigenvalue weighted by atomic mass is 16.3. The van der Waals surface area contributed by atoms with Gasteiger partial charge in [0.2, 0.25) is 0 Å². The highest BCUT2D eigenvalue weighted by molar-refractivity contribution is 5.00. The van der Waals surface area contributed by atoms with Gasteiger partial charge in [-0.1, -0.05) is 5.18 Å². The van der Waals surface area contributed by atoms with Gasteiger partial charge in [-0.3, -0.25) is 11.7 Å². The zero-order valence-electron chi connectivity index (χ0n) is 8.77. The topological polar surface area (TPSA) is 121 Å². The molecule has 0 amide bonds. The average Bonchev–Trinajstić information content (AvgIpc) is 2.80. The van der Waals surface area contributed by atoms with Crippen molar-refractivity contribution in [2.45, 2.75) is 24.5 Å². The highest BCUT2D eigenvalue weighted by Gasteiger charge is 2.45. The second-order valence-electron chi connectivity index (χ2n) is 4.19. The van der Waals surface area contributed by atoms with Crippen LogP contribution in [0.3, 0.4) is 0 Å². The van der Waals surface area contributed by atoms with E-state index in [1.807, 2.05) is 0 Å². The summed E-state index contributed by atoms with van der Waals surface area (Å²) >= 11 is 0. The van der Waals surface area contributed by atoms with Crippen LogP contribution >= 0.6 is 0 Å². The molecule has 0 saturated carbocycles. The van der Waals surface area contributed by atoms with Crippen LogP contribution in [0.1, 0.15) is 6.42 Å². The first-order valence-corrected chi connectivity index (χ1v) is 5.10. The van der Waals surface area contributed by atoms with Crippen molar-refractivity contribution in [1.29, 1.82) is 0 Å². The molecule has 3 atom stereocenters. The molecule has 16 heavy (non-hydrogen) atoms. The van der Waals surface area contributed by atoms with Gasteiger partial charge in [-0.25, -0.2) is 15.0 Å². The van der Waals surface area contributed by atoms with Gasteiger partial charge in [-0.15, -0.1) is 4.91 Å². The Bertz CT molecular complexity index is 288. The van der Waals surface area contributed by atoms with Gasteiger partial charge in [0.1, 0.15) is 12.7 Å². The molecule has 0 aromatic heterocycles. The van der Waals surface area contributed by atoms with Gasteiger partial charge < -0.3 is 0 Å². The van der Waals surface area contributed by atoms with Crippen molar-refractivity contribution in [2.75, 3.05) is 19.8 Å². The Morgan fingerprint density at radius 2 is 2.00 bits per heavy atom. The lowest BCUT2D eigenvalue weighted by Gasteiger charge is -2.29. The molecule has 2 heterocycles. The fraction of sp³-hybridized carbons (Fsp3) is 1.00. The third-order valence-corrected chi connectivity index (χ3v) is 3.23. The van der Waals surface area contributed by atoms with E-state index in [1.165, 1.54) is 10.0 Å². The quantitative estimate of drug-likeness (QED) is 0.449. The molecule has 2 fully saturated rings. The number of hydrogen-bond acceptors (Lipinski definition) is 8. The van der Waals surface area contributed by atoms with E-state index in [9.17, 15) is 9.81 Å². The summed E-state index contributed by atoms with van der Waals surface area (Å²) < 4.78 is 0. The van der Waals surface area contributed by atoms with E-state index >= 15 is 0 Å². The minimum Gasteiger partial charge on any atom is -0.268 e. The molecule has 0 spiro atoms. The predicted octanol–water partition coefficient (Wildman–Crippen LogP) is -1.43. The normalized spacial score (nSPS) is 36.9. The lowest BCUT2D eigenvalue weighted by Crippen LogP contribution is -2.52. The molecule has 2 aliphatic heterocycles. The fourth-order valence-corrected chi connectivity index (χ4v) is 2.47. The van der Waals surface area contributed by atoms with E-state index in [-0.39, 0.29) is 18.8 Å². The van der Waals surface area contributed by atoms with Gasteiger partial charge in [0.05, 0.1) is 17.4 Å². The molecule has 3 unspecified atom stereocenters. The van der Waals surface area contributed by atoms with E-state index in [2.05, 4.69) is 10.5 Å². The monoisotopic (exact) mass is 229 g/mol. The second-order valence-corrected chi connectivity index (χ2v) is 4.19. The maximum Gasteiger partial charge on any atom is 0.112 e. The minimum absolute atomic E-state index is 0.254. The van der Waals surface area contributed by atoms with Crippen LogP contribution in [-0.2, 0) is 0 Å². The van der Waals surface area contributed by atoms with Crippen molar-refractivity contribution in [3.8, 4) is 0 Å². The molecule has 0 aromatic rings.